The van der Waals surface area contributed by atoms with E-state index in [0.717, 1.165) is 22.4 Å². The Bertz CT molecular complexity index is 430. The van der Waals surface area contributed by atoms with E-state index in [0.29, 0.717) is 13.2 Å². The number of rotatable bonds is 5. The van der Waals surface area contributed by atoms with Crippen molar-refractivity contribution in [2.45, 2.75) is 39.7 Å². The first kappa shape index (κ1) is 15.0. The van der Waals surface area contributed by atoms with Crippen molar-refractivity contribution in [1.29, 1.82) is 0 Å². The van der Waals surface area contributed by atoms with Crippen molar-refractivity contribution in [3.8, 4) is 0 Å². The zero-order valence-corrected chi connectivity index (χ0v) is 12.1. The molecule has 1 aromatic rings. The maximum absolute atomic E-state index is 11.2. The molecule has 0 aliphatic carbocycles. The summed E-state index contributed by atoms with van der Waals surface area (Å²) in [6.45, 7) is 8.54. The molecule has 0 fully saturated rings. The van der Waals surface area contributed by atoms with Gasteiger partial charge >= 0.3 is 0 Å². The van der Waals surface area contributed by atoms with Crippen LogP contribution in [0.3, 0.4) is 0 Å². The van der Waals surface area contributed by atoms with E-state index in [-0.39, 0.29) is 11.3 Å². The molecule has 0 aromatic heterocycles. The number of hydrogen-bond donors (Lipinski definition) is 1. The molecule has 1 aromatic carbocycles. The number of hydrogen-bond acceptors (Lipinski definition) is 2. The van der Waals surface area contributed by atoms with Crippen molar-refractivity contribution in [2.24, 2.45) is 0 Å². The standard InChI is InChI=1S/C14H20ClNO2/c1-5-18-8-12-9(2)6-7-13(16-11(4)17)14(12)10(3)15/h6-7,10H,5,8H2,1-4H3,(H,16,17). The second-order valence-corrected chi connectivity index (χ2v) is 4.91. The van der Waals surface area contributed by atoms with Crippen LogP contribution in [0, 0.1) is 6.92 Å². The maximum Gasteiger partial charge on any atom is 0.221 e. The van der Waals surface area contributed by atoms with E-state index in [4.69, 9.17) is 16.3 Å². The van der Waals surface area contributed by atoms with Gasteiger partial charge in [-0.15, -0.1) is 11.6 Å². The fourth-order valence-corrected chi connectivity index (χ4v) is 2.17. The average Bonchev–Trinajstić information content (AvgIpc) is 2.28. The van der Waals surface area contributed by atoms with Gasteiger partial charge in [0.2, 0.25) is 5.91 Å². The molecule has 100 valence electrons. The Morgan fingerprint density at radius 1 is 1.50 bits per heavy atom. The molecule has 0 saturated carbocycles. The van der Waals surface area contributed by atoms with Gasteiger partial charge in [-0.3, -0.25) is 4.79 Å². The van der Waals surface area contributed by atoms with E-state index >= 15 is 0 Å². The number of aryl methyl sites for hydroxylation is 1. The van der Waals surface area contributed by atoms with Gasteiger partial charge in [0.1, 0.15) is 0 Å². The summed E-state index contributed by atoms with van der Waals surface area (Å²) in [5, 5.41) is 2.64. The molecule has 0 spiro atoms. The van der Waals surface area contributed by atoms with Crippen molar-refractivity contribution >= 4 is 23.2 Å². The van der Waals surface area contributed by atoms with E-state index in [1.165, 1.54) is 6.92 Å². The maximum atomic E-state index is 11.2. The van der Waals surface area contributed by atoms with Crippen LogP contribution in [0.4, 0.5) is 5.69 Å². The van der Waals surface area contributed by atoms with E-state index in [1.807, 2.05) is 32.9 Å². The molecular formula is C14H20ClNO2. The van der Waals surface area contributed by atoms with Crippen LogP contribution in [0.5, 0.6) is 0 Å². The van der Waals surface area contributed by atoms with Crippen LogP contribution >= 0.6 is 11.6 Å². The molecule has 1 rings (SSSR count). The van der Waals surface area contributed by atoms with Crippen LogP contribution in [0.1, 0.15) is 42.8 Å². The lowest BCUT2D eigenvalue weighted by molar-refractivity contribution is -0.114. The van der Waals surface area contributed by atoms with Crippen molar-refractivity contribution in [2.75, 3.05) is 11.9 Å². The highest BCUT2D eigenvalue weighted by atomic mass is 35.5. The molecule has 0 bridgehead atoms. The van der Waals surface area contributed by atoms with Gasteiger partial charge in [0.25, 0.3) is 0 Å². The third kappa shape index (κ3) is 3.72. The molecule has 0 heterocycles. The molecule has 18 heavy (non-hydrogen) atoms. The number of alkyl halides is 1. The Morgan fingerprint density at radius 3 is 2.67 bits per heavy atom. The summed E-state index contributed by atoms with van der Waals surface area (Å²) in [6, 6.07) is 3.86. The van der Waals surface area contributed by atoms with Crippen LogP contribution in [-0.4, -0.2) is 12.5 Å². The molecule has 0 saturated heterocycles. The monoisotopic (exact) mass is 269 g/mol. The number of amides is 1. The molecule has 0 aliphatic rings. The number of ether oxygens (including phenoxy) is 1. The van der Waals surface area contributed by atoms with Crippen LogP contribution in [0.15, 0.2) is 12.1 Å². The predicted octanol–water partition coefficient (Wildman–Crippen LogP) is 3.79. The lowest BCUT2D eigenvalue weighted by Crippen LogP contribution is -2.11. The summed E-state index contributed by atoms with van der Waals surface area (Å²) in [6.07, 6.45) is 0. The van der Waals surface area contributed by atoms with Crippen molar-refractivity contribution in [3.05, 3.63) is 28.8 Å². The highest BCUT2D eigenvalue weighted by Crippen LogP contribution is 2.33. The minimum absolute atomic E-state index is 0.0974. The largest absolute Gasteiger partial charge is 0.377 e. The van der Waals surface area contributed by atoms with Gasteiger partial charge in [-0.1, -0.05) is 6.07 Å². The molecule has 4 heteroatoms. The van der Waals surface area contributed by atoms with Crippen LogP contribution in [0.2, 0.25) is 0 Å². The van der Waals surface area contributed by atoms with Crippen LogP contribution in [-0.2, 0) is 16.1 Å². The van der Waals surface area contributed by atoms with Crippen LogP contribution < -0.4 is 5.32 Å². The van der Waals surface area contributed by atoms with Gasteiger partial charge in [0.15, 0.2) is 0 Å². The fourth-order valence-electron chi connectivity index (χ4n) is 1.92. The number of nitrogens with one attached hydrogen (secondary N) is 1. The SMILES string of the molecule is CCOCc1c(C)ccc(NC(C)=O)c1C(C)Cl. The molecule has 1 amide bonds. The highest BCUT2D eigenvalue weighted by molar-refractivity contribution is 6.21. The first-order valence-electron chi connectivity index (χ1n) is 6.09. The molecule has 1 atom stereocenters. The van der Waals surface area contributed by atoms with E-state index in [1.54, 1.807) is 0 Å². The van der Waals surface area contributed by atoms with Gasteiger partial charge in [0, 0.05) is 19.2 Å². The van der Waals surface area contributed by atoms with Crippen LogP contribution in [0.25, 0.3) is 0 Å². The summed E-state index contributed by atoms with van der Waals surface area (Å²) < 4.78 is 5.48. The van der Waals surface area contributed by atoms with E-state index in [9.17, 15) is 4.79 Å². The first-order valence-corrected chi connectivity index (χ1v) is 6.52. The summed E-state index contributed by atoms with van der Waals surface area (Å²) >= 11 is 6.24. The Kier molecular flexibility index (Phi) is 5.63. The third-order valence-electron chi connectivity index (χ3n) is 2.75. The van der Waals surface area contributed by atoms with Gasteiger partial charge in [0.05, 0.1) is 12.0 Å². The topological polar surface area (TPSA) is 38.3 Å². The second kappa shape index (κ2) is 6.76. The summed E-state index contributed by atoms with van der Waals surface area (Å²) in [5.74, 6) is -0.0974. The number of anilines is 1. The molecular weight excluding hydrogens is 250 g/mol. The van der Waals surface area contributed by atoms with Crippen molar-refractivity contribution in [3.63, 3.8) is 0 Å². The zero-order chi connectivity index (χ0) is 13.7. The molecule has 1 unspecified atom stereocenters. The lowest BCUT2D eigenvalue weighted by Gasteiger charge is -2.19. The average molecular weight is 270 g/mol. The molecule has 1 N–H and O–H groups in total. The smallest absolute Gasteiger partial charge is 0.221 e. The quantitative estimate of drug-likeness (QED) is 0.826. The number of halogens is 1. The predicted molar refractivity (Wildman–Crippen MR) is 75.1 cm³/mol. The summed E-state index contributed by atoms with van der Waals surface area (Å²) in [4.78, 5) is 11.2. The minimum atomic E-state index is -0.179. The number of carbonyl (C=O) groups excluding carboxylic acids is 1. The highest BCUT2D eigenvalue weighted by Gasteiger charge is 2.16. The Morgan fingerprint density at radius 2 is 2.17 bits per heavy atom. The van der Waals surface area contributed by atoms with Gasteiger partial charge < -0.3 is 10.1 Å². The summed E-state index contributed by atoms with van der Waals surface area (Å²) in [5.41, 5.74) is 3.90. The fraction of sp³-hybridized carbons (Fsp3) is 0.500. The van der Waals surface area contributed by atoms with Gasteiger partial charge in [-0.2, -0.15) is 0 Å². The van der Waals surface area contributed by atoms with E-state index in [2.05, 4.69) is 5.32 Å². The molecule has 0 radical (unpaired) electrons. The van der Waals surface area contributed by atoms with Gasteiger partial charge in [-0.25, -0.2) is 0 Å². The molecule has 3 nitrogen and oxygen atoms in total. The van der Waals surface area contributed by atoms with E-state index < -0.39 is 0 Å². The Hall–Kier alpha value is -1.06. The first-order chi connectivity index (χ1) is 8.47. The number of benzene rings is 1. The zero-order valence-electron chi connectivity index (χ0n) is 11.3. The Balaban J connectivity index is 3.23. The van der Waals surface area contributed by atoms with Gasteiger partial charge in [-0.05, 0) is 43.5 Å². The Labute approximate surface area is 113 Å². The lowest BCUT2D eigenvalue weighted by atomic mass is 9.98. The third-order valence-corrected chi connectivity index (χ3v) is 2.97. The number of carbonyl (C=O) groups is 1. The summed E-state index contributed by atoms with van der Waals surface area (Å²) in [7, 11) is 0. The second-order valence-electron chi connectivity index (χ2n) is 4.26. The normalized spacial score (nSPS) is 12.3. The van der Waals surface area contributed by atoms with Crippen molar-refractivity contribution in [1.82, 2.24) is 0 Å². The minimum Gasteiger partial charge on any atom is -0.377 e. The van der Waals surface area contributed by atoms with Crippen molar-refractivity contribution < 1.29 is 9.53 Å². The molecule has 0 aliphatic heterocycles.